The van der Waals surface area contributed by atoms with Crippen LogP contribution in [0.3, 0.4) is 0 Å². The van der Waals surface area contributed by atoms with Gasteiger partial charge in [-0.3, -0.25) is 4.79 Å². The maximum Gasteiger partial charge on any atom is 0.305 e. The average molecular weight is 462 g/mol. The Bertz CT molecular complexity index is 547. The summed E-state index contributed by atoms with van der Waals surface area (Å²) in [5.74, 6) is 0.724. The second-order valence-electron chi connectivity index (χ2n) is 6.98. The van der Waals surface area contributed by atoms with Crippen LogP contribution in [0.5, 0.6) is 5.75 Å². The topological polar surface area (TPSA) is 89.2 Å². The molecular formula is C23H40ClNO6. The number of halogens is 1. The Morgan fingerprint density at radius 2 is 1.39 bits per heavy atom. The highest BCUT2D eigenvalue weighted by molar-refractivity contribution is 5.85. The summed E-state index contributed by atoms with van der Waals surface area (Å²) in [5, 5.41) is 0. The van der Waals surface area contributed by atoms with Gasteiger partial charge in [0, 0.05) is 26.2 Å². The minimum Gasteiger partial charge on any atom is -0.494 e. The van der Waals surface area contributed by atoms with Gasteiger partial charge in [-0.2, -0.15) is 0 Å². The predicted octanol–water partition coefficient (Wildman–Crippen LogP) is 3.90. The molecule has 2 N–H and O–H groups in total. The van der Waals surface area contributed by atoms with E-state index in [1.807, 2.05) is 24.3 Å². The van der Waals surface area contributed by atoms with Gasteiger partial charge in [0.2, 0.25) is 0 Å². The van der Waals surface area contributed by atoms with Crippen molar-refractivity contribution in [1.82, 2.24) is 0 Å². The van der Waals surface area contributed by atoms with E-state index in [-0.39, 0.29) is 18.4 Å². The Hall–Kier alpha value is -1.38. The van der Waals surface area contributed by atoms with Gasteiger partial charge in [-0.1, -0.05) is 18.6 Å². The molecule has 0 amide bonds. The fraction of sp³-hybridized carbons (Fsp3) is 0.696. The molecule has 0 aromatic heterocycles. The fourth-order valence-corrected chi connectivity index (χ4v) is 2.73. The van der Waals surface area contributed by atoms with Gasteiger partial charge < -0.3 is 29.4 Å². The molecule has 0 aliphatic heterocycles. The van der Waals surface area contributed by atoms with E-state index in [9.17, 15) is 4.79 Å². The van der Waals surface area contributed by atoms with Crippen LogP contribution in [0.2, 0.25) is 0 Å². The number of methoxy groups -OCH3 is 1. The van der Waals surface area contributed by atoms with Gasteiger partial charge in [-0.25, -0.2) is 0 Å². The minimum atomic E-state index is -0.169. The van der Waals surface area contributed by atoms with E-state index in [1.165, 1.54) is 7.11 Å². The summed E-state index contributed by atoms with van der Waals surface area (Å²) in [6.45, 7) is 5.00. The third kappa shape index (κ3) is 17.9. The molecule has 0 heterocycles. The lowest BCUT2D eigenvalue weighted by Crippen LogP contribution is -2.10. The molecule has 8 heteroatoms. The molecule has 180 valence electrons. The Morgan fingerprint density at radius 3 is 2.00 bits per heavy atom. The average Bonchev–Trinajstić information content (AvgIpc) is 2.78. The number of hydrogen-bond acceptors (Lipinski definition) is 7. The van der Waals surface area contributed by atoms with Gasteiger partial charge in [0.1, 0.15) is 5.75 Å². The van der Waals surface area contributed by atoms with Gasteiger partial charge in [0.05, 0.1) is 40.1 Å². The Morgan fingerprint density at radius 1 is 0.806 bits per heavy atom. The van der Waals surface area contributed by atoms with Crippen molar-refractivity contribution in [3.8, 4) is 5.75 Å². The summed E-state index contributed by atoms with van der Waals surface area (Å²) in [5.41, 5.74) is 6.72. The van der Waals surface area contributed by atoms with E-state index in [1.54, 1.807) is 0 Å². The van der Waals surface area contributed by atoms with Crippen molar-refractivity contribution in [3.63, 3.8) is 0 Å². The zero-order valence-corrected chi connectivity index (χ0v) is 19.7. The number of esters is 1. The van der Waals surface area contributed by atoms with Crippen molar-refractivity contribution in [2.45, 2.75) is 51.5 Å². The molecule has 0 spiro atoms. The van der Waals surface area contributed by atoms with Crippen molar-refractivity contribution in [3.05, 3.63) is 29.8 Å². The van der Waals surface area contributed by atoms with Crippen LogP contribution in [0.1, 0.15) is 50.5 Å². The second kappa shape index (κ2) is 21.8. The minimum absolute atomic E-state index is 0. The first kappa shape index (κ1) is 29.6. The predicted molar refractivity (Wildman–Crippen MR) is 124 cm³/mol. The molecule has 1 rings (SSSR count). The molecule has 0 radical (unpaired) electrons. The van der Waals surface area contributed by atoms with Crippen molar-refractivity contribution in [2.24, 2.45) is 5.73 Å². The fourth-order valence-electron chi connectivity index (χ4n) is 2.73. The third-order valence-corrected chi connectivity index (χ3v) is 4.48. The summed E-state index contributed by atoms with van der Waals surface area (Å²) in [4.78, 5) is 10.9. The molecule has 31 heavy (non-hydrogen) atoms. The number of ether oxygens (including phenoxy) is 5. The van der Waals surface area contributed by atoms with E-state index < -0.39 is 0 Å². The highest BCUT2D eigenvalue weighted by atomic mass is 35.5. The smallest absolute Gasteiger partial charge is 0.305 e. The van der Waals surface area contributed by atoms with E-state index in [2.05, 4.69) is 4.74 Å². The maximum atomic E-state index is 10.9. The van der Waals surface area contributed by atoms with E-state index in [4.69, 9.17) is 24.7 Å². The molecular weight excluding hydrogens is 422 g/mol. The lowest BCUT2D eigenvalue weighted by atomic mass is 10.2. The van der Waals surface area contributed by atoms with Crippen LogP contribution in [0.25, 0.3) is 0 Å². The van der Waals surface area contributed by atoms with Gasteiger partial charge in [0.25, 0.3) is 0 Å². The molecule has 0 aliphatic rings. The van der Waals surface area contributed by atoms with Crippen molar-refractivity contribution >= 4 is 18.4 Å². The lowest BCUT2D eigenvalue weighted by Gasteiger charge is -2.08. The molecule has 1 aromatic carbocycles. The van der Waals surface area contributed by atoms with E-state index in [0.29, 0.717) is 46.0 Å². The molecule has 0 saturated carbocycles. The molecule has 7 nitrogen and oxygen atoms in total. The highest BCUT2D eigenvalue weighted by Gasteiger charge is 1.99. The summed E-state index contributed by atoms with van der Waals surface area (Å²) in [6.07, 6.45) is 6.45. The van der Waals surface area contributed by atoms with E-state index in [0.717, 1.165) is 63.1 Å². The van der Waals surface area contributed by atoms with Crippen LogP contribution in [0.15, 0.2) is 24.3 Å². The normalized spacial score (nSPS) is 10.5. The first-order valence-corrected chi connectivity index (χ1v) is 11.0. The van der Waals surface area contributed by atoms with Gasteiger partial charge >= 0.3 is 5.97 Å². The third-order valence-electron chi connectivity index (χ3n) is 4.48. The van der Waals surface area contributed by atoms with Crippen LogP contribution in [0.4, 0.5) is 0 Å². The number of unbranched alkanes of at least 4 members (excludes halogenated alkanes) is 4. The lowest BCUT2D eigenvalue weighted by molar-refractivity contribution is -0.140. The molecule has 0 saturated heterocycles. The molecule has 0 fully saturated rings. The van der Waals surface area contributed by atoms with Crippen molar-refractivity contribution in [1.29, 1.82) is 0 Å². The number of carbonyl (C=O) groups is 1. The van der Waals surface area contributed by atoms with Crippen molar-refractivity contribution in [2.75, 3.05) is 53.4 Å². The summed E-state index contributed by atoms with van der Waals surface area (Å²) >= 11 is 0. The first-order chi connectivity index (χ1) is 14.8. The Kier molecular flexibility index (Phi) is 20.9. The van der Waals surface area contributed by atoms with Crippen LogP contribution in [-0.2, 0) is 30.3 Å². The number of carbonyl (C=O) groups excluding carboxylic acids is 1. The quantitative estimate of drug-likeness (QED) is 0.232. The largest absolute Gasteiger partial charge is 0.494 e. The molecule has 0 unspecified atom stereocenters. The zero-order valence-electron chi connectivity index (χ0n) is 18.9. The van der Waals surface area contributed by atoms with Gasteiger partial charge in [0.15, 0.2) is 0 Å². The van der Waals surface area contributed by atoms with Gasteiger partial charge in [-0.15, -0.1) is 12.4 Å². The zero-order chi connectivity index (χ0) is 21.7. The van der Waals surface area contributed by atoms with Gasteiger partial charge in [-0.05, 0) is 49.8 Å². The van der Waals surface area contributed by atoms with E-state index >= 15 is 0 Å². The van der Waals surface area contributed by atoms with Crippen molar-refractivity contribution < 1.29 is 28.5 Å². The standard InChI is InChI=1S/C23H39NO6.ClH/c1-26-23(25)11-4-7-13-28-16-18-29-17-15-27-12-5-2-3-6-14-30-22-10-8-9-21(19-22)20-24;/h8-10,19H,2-7,11-18,20,24H2,1H3;1H. The van der Waals surface area contributed by atoms with Crippen LogP contribution >= 0.6 is 12.4 Å². The SMILES string of the molecule is COC(=O)CCCCOCCOCCOCCCCCCOc1cccc(CN)c1.Cl. The number of hydrogen-bond donors (Lipinski definition) is 1. The maximum absolute atomic E-state index is 10.9. The van der Waals surface area contributed by atoms with Crippen LogP contribution < -0.4 is 10.5 Å². The van der Waals surface area contributed by atoms with Crippen LogP contribution in [0, 0.1) is 0 Å². The van der Waals surface area contributed by atoms with Crippen LogP contribution in [-0.4, -0.2) is 59.3 Å². The number of benzene rings is 1. The Balaban J connectivity index is 0.00000900. The number of rotatable bonds is 20. The monoisotopic (exact) mass is 461 g/mol. The highest BCUT2D eigenvalue weighted by Crippen LogP contribution is 2.13. The molecule has 0 atom stereocenters. The molecule has 0 bridgehead atoms. The molecule has 0 aliphatic carbocycles. The second-order valence-corrected chi connectivity index (χ2v) is 6.98. The molecule has 1 aromatic rings. The Labute approximate surface area is 193 Å². The summed E-state index contributed by atoms with van der Waals surface area (Å²) in [7, 11) is 1.40. The summed E-state index contributed by atoms with van der Waals surface area (Å²) < 4.78 is 26.8. The summed E-state index contributed by atoms with van der Waals surface area (Å²) in [6, 6.07) is 7.94. The number of nitrogens with two attached hydrogens (primary N) is 1. The first-order valence-electron chi connectivity index (χ1n) is 11.0.